The van der Waals surface area contributed by atoms with Gasteiger partial charge in [-0.25, -0.2) is 0 Å². The Morgan fingerprint density at radius 3 is 2.56 bits per heavy atom. The first-order valence-corrected chi connectivity index (χ1v) is 6.84. The van der Waals surface area contributed by atoms with Gasteiger partial charge in [0.2, 0.25) is 0 Å². The fourth-order valence-electron chi connectivity index (χ4n) is 1.20. The van der Waals surface area contributed by atoms with Crippen molar-refractivity contribution in [3.05, 3.63) is 12.2 Å². The Bertz CT molecular complexity index is 276. The second-order valence-corrected chi connectivity index (χ2v) is 4.20. The molecule has 5 heteroatoms. The van der Waals surface area contributed by atoms with Crippen LogP contribution in [0.5, 0.6) is 0 Å². The first-order chi connectivity index (χ1) is 8.63. The number of carbonyl (C=O) groups is 2. The van der Waals surface area contributed by atoms with Gasteiger partial charge in [0.05, 0.1) is 0 Å². The molecule has 4 nitrogen and oxygen atoms in total. The molecule has 0 fully saturated rings. The molecule has 104 valence electrons. The van der Waals surface area contributed by atoms with Crippen LogP contribution < -0.4 is 0 Å². The van der Waals surface area contributed by atoms with E-state index in [1.54, 1.807) is 0 Å². The average molecular weight is 274 g/mol. The van der Waals surface area contributed by atoms with E-state index in [2.05, 4.69) is 12.6 Å². The van der Waals surface area contributed by atoms with E-state index < -0.39 is 6.10 Å². The molecule has 0 radical (unpaired) electrons. The van der Waals surface area contributed by atoms with Crippen LogP contribution in [-0.2, 0) is 19.1 Å². The quantitative estimate of drug-likeness (QED) is 0.399. The molecule has 0 aliphatic rings. The zero-order valence-electron chi connectivity index (χ0n) is 11.1. The third kappa shape index (κ3) is 9.10. The van der Waals surface area contributed by atoms with Crippen molar-refractivity contribution in [3.8, 4) is 0 Å². The highest BCUT2D eigenvalue weighted by Crippen LogP contribution is 2.03. The summed E-state index contributed by atoms with van der Waals surface area (Å²) in [6.45, 7) is 3.88. The van der Waals surface area contributed by atoms with Gasteiger partial charge in [-0.05, 0) is 19.8 Å². The van der Waals surface area contributed by atoms with Crippen molar-refractivity contribution in [3.63, 3.8) is 0 Å². The van der Waals surface area contributed by atoms with Crippen LogP contribution in [0.25, 0.3) is 0 Å². The fraction of sp³-hybridized carbons (Fsp3) is 0.692. The smallest absolute Gasteiger partial charge is 0.306 e. The Balaban J connectivity index is 3.88. The summed E-state index contributed by atoms with van der Waals surface area (Å²) in [6.07, 6.45) is 5.44. The molecule has 1 atom stereocenters. The lowest BCUT2D eigenvalue weighted by atomic mass is 10.3. The van der Waals surface area contributed by atoms with Gasteiger partial charge >= 0.3 is 11.9 Å². The SMILES string of the molecule is C/C=C/CCC(=O)O[C@@H](CS)COC(=O)CCC. The molecule has 0 aromatic carbocycles. The summed E-state index contributed by atoms with van der Waals surface area (Å²) in [7, 11) is 0. The number of carbonyl (C=O) groups excluding carboxylic acids is 2. The lowest BCUT2D eigenvalue weighted by Gasteiger charge is -2.15. The molecule has 0 saturated carbocycles. The van der Waals surface area contributed by atoms with Gasteiger partial charge in [0.25, 0.3) is 0 Å². The van der Waals surface area contributed by atoms with Crippen molar-refractivity contribution >= 4 is 24.6 Å². The first kappa shape index (κ1) is 17.0. The summed E-state index contributed by atoms with van der Waals surface area (Å²) >= 11 is 4.07. The summed E-state index contributed by atoms with van der Waals surface area (Å²) in [4.78, 5) is 22.6. The first-order valence-electron chi connectivity index (χ1n) is 6.21. The number of ether oxygens (including phenoxy) is 2. The summed E-state index contributed by atoms with van der Waals surface area (Å²) in [5.41, 5.74) is 0. The van der Waals surface area contributed by atoms with Gasteiger partial charge in [0, 0.05) is 18.6 Å². The third-order valence-electron chi connectivity index (χ3n) is 2.14. The van der Waals surface area contributed by atoms with Crippen LogP contribution in [0.4, 0.5) is 0 Å². The van der Waals surface area contributed by atoms with Crippen molar-refractivity contribution in [2.75, 3.05) is 12.4 Å². The molecular formula is C13H22O4S. The molecule has 0 spiro atoms. The molecule has 0 rings (SSSR count). The molecular weight excluding hydrogens is 252 g/mol. The Hall–Kier alpha value is -0.970. The molecule has 0 aromatic heterocycles. The van der Waals surface area contributed by atoms with Crippen molar-refractivity contribution in [1.82, 2.24) is 0 Å². The van der Waals surface area contributed by atoms with Crippen LogP contribution in [0.2, 0.25) is 0 Å². The van der Waals surface area contributed by atoms with Gasteiger partial charge in [-0.1, -0.05) is 19.1 Å². The number of rotatable bonds is 9. The molecule has 0 N–H and O–H groups in total. The molecule has 0 heterocycles. The summed E-state index contributed by atoms with van der Waals surface area (Å²) in [6, 6.07) is 0. The highest BCUT2D eigenvalue weighted by atomic mass is 32.1. The number of allylic oxidation sites excluding steroid dienone is 2. The van der Waals surface area contributed by atoms with Crippen molar-refractivity contribution in [2.24, 2.45) is 0 Å². The minimum absolute atomic E-state index is 0.0810. The largest absolute Gasteiger partial charge is 0.462 e. The van der Waals surface area contributed by atoms with Crippen LogP contribution in [0.1, 0.15) is 39.5 Å². The normalized spacial score (nSPS) is 12.4. The molecule has 18 heavy (non-hydrogen) atoms. The Kier molecular flexibility index (Phi) is 10.5. The van der Waals surface area contributed by atoms with Crippen LogP contribution in [0.3, 0.4) is 0 Å². The average Bonchev–Trinajstić information content (AvgIpc) is 2.35. The van der Waals surface area contributed by atoms with Gasteiger partial charge in [0.15, 0.2) is 0 Å². The number of thiol groups is 1. The number of hydrogen-bond acceptors (Lipinski definition) is 5. The second kappa shape index (κ2) is 11.1. The minimum atomic E-state index is -0.466. The van der Waals surface area contributed by atoms with E-state index in [1.165, 1.54) is 0 Å². The molecule has 0 bridgehead atoms. The maximum atomic E-state index is 11.4. The third-order valence-corrected chi connectivity index (χ3v) is 2.54. The minimum Gasteiger partial charge on any atom is -0.462 e. The van der Waals surface area contributed by atoms with Crippen LogP contribution in [0.15, 0.2) is 12.2 Å². The zero-order valence-corrected chi connectivity index (χ0v) is 11.9. The molecule has 0 unspecified atom stereocenters. The van der Waals surface area contributed by atoms with Gasteiger partial charge in [-0.2, -0.15) is 12.6 Å². The van der Waals surface area contributed by atoms with Crippen molar-refractivity contribution < 1.29 is 19.1 Å². The van der Waals surface area contributed by atoms with Crippen LogP contribution in [-0.4, -0.2) is 30.4 Å². The second-order valence-electron chi connectivity index (χ2n) is 3.84. The number of esters is 2. The Morgan fingerprint density at radius 2 is 2.00 bits per heavy atom. The highest BCUT2D eigenvalue weighted by molar-refractivity contribution is 7.80. The molecule has 0 aliphatic heterocycles. The zero-order chi connectivity index (χ0) is 13.8. The lowest BCUT2D eigenvalue weighted by Crippen LogP contribution is -2.26. The molecule has 0 amide bonds. The summed E-state index contributed by atoms with van der Waals surface area (Å²) in [5.74, 6) is -0.220. The van der Waals surface area contributed by atoms with Gasteiger partial charge in [-0.15, -0.1) is 0 Å². The fourth-order valence-corrected chi connectivity index (χ4v) is 1.38. The monoisotopic (exact) mass is 274 g/mol. The van der Waals surface area contributed by atoms with Crippen molar-refractivity contribution in [2.45, 2.75) is 45.6 Å². The van der Waals surface area contributed by atoms with Crippen LogP contribution >= 0.6 is 12.6 Å². The van der Waals surface area contributed by atoms with Crippen molar-refractivity contribution in [1.29, 1.82) is 0 Å². The van der Waals surface area contributed by atoms with E-state index in [9.17, 15) is 9.59 Å². The van der Waals surface area contributed by atoms with E-state index in [1.807, 2.05) is 26.0 Å². The van der Waals surface area contributed by atoms with E-state index in [0.29, 0.717) is 25.0 Å². The van der Waals surface area contributed by atoms with E-state index in [4.69, 9.17) is 9.47 Å². The molecule has 0 saturated heterocycles. The Labute approximate surface area is 114 Å². The maximum absolute atomic E-state index is 11.4. The van der Waals surface area contributed by atoms with Crippen LogP contribution in [0, 0.1) is 0 Å². The molecule has 0 aromatic rings. The highest BCUT2D eigenvalue weighted by Gasteiger charge is 2.14. The van der Waals surface area contributed by atoms with Gasteiger partial charge in [0.1, 0.15) is 12.7 Å². The maximum Gasteiger partial charge on any atom is 0.306 e. The van der Waals surface area contributed by atoms with E-state index in [0.717, 1.165) is 6.42 Å². The van der Waals surface area contributed by atoms with Gasteiger partial charge < -0.3 is 9.47 Å². The predicted octanol–water partition coefficient (Wildman–Crippen LogP) is 2.53. The predicted molar refractivity (Wildman–Crippen MR) is 73.6 cm³/mol. The topological polar surface area (TPSA) is 52.6 Å². The Morgan fingerprint density at radius 1 is 1.28 bits per heavy atom. The summed E-state index contributed by atoms with van der Waals surface area (Å²) in [5, 5.41) is 0. The lowest BCUT2D eigenvalue weighted by molar-refractivity contribution is -0.157. The molecule has 0 aliphatic carbocycles. The number of hydrogen-bond donors (Lipinski definition) is 1. The van der Waals surface area contributed by atoms with Gasteiger partial charge in [-0.3, -0.25) is 9.59 Å². The van der Waals surface area contributed by atoms with E-state index in [-0.39, 0.29) is 18.5 Å². The standard InChI is InChI=1S/C13H22O4S/c1-3-5-6-8-13(15)17-11(10-18)9-16-12(14)7-4-2/h3,5,11,18H,4,6-10H2,1-2H3/b5-3+/t11-/m1/s1. The summed E-state index contributed by atoms with van der Waals surface area (Å²) < 4.78 is 10.1. The van der Waals surface area contributed by atoms with E-state index >= 15 is 0 Å².